The van der Waals surface area contributed by atoms with Gasteiger partial charge in [-0.2, -0.15) is 0 Å². The molecule has 2 aromatic carbocycles. The largest absolute Gasteiger partial charge is 0.481 e. The van der Waals surface area contributed by atoms with Gasteiger partial charge in [0, 0.05) is 12.6 Å². The summed E-state index contributed by atoms with van der Waals surface area (Å²) in [5.41, 5.74) is 2.09. The quantitative estimate of drug-likeness (QED) is 0.724. The minimum absolute atomic E-state index is 0.0357. The lowest BCUT2D eigenvalue weighted by Gasteiger charge is -2.30. The SMILES string of the molecule is C[C@H](NCC(=O)N(CCC(=O)O)[C@@H](C)c1ccccc1)c1ccccc1. The summed E-state index contributed by atoms with van der Waals surface area (Å²) in [7, 11) is 0. The lowest BCUT2D eigenvalue weighted by atomic mass is 10.1. The van der Waals surface area contributed by atoms with Gasteiger partial charge < -0.3 is 15.3 Å². The lowest BCUT2D eigenvalue weighted by molar-refractivity contribution is -0.139. The molecule has 0 spiro atoms. The van der Waals surface area contributed by atoms with Gasteiger partial charge in [-0.15, -0.1) is 0 Å². The first-order chi connectivity index (χ1) is 12.5. The highest BCUT2D eigenvalue weighted by Crippen LogP contribution is 2.20. The summed E-state index contributed by atoms with van der Waals surface area (Å²) in [5.74, 6) is -1.01. The number of carbonyl (C=O) groups excluding carboxylic acids is 1. The van der Waals surface area contributed by atoms with Gasteiger partial charge in [-0.1, -0.05) is 60.7 Å². The van der Waals surface area contributed by atoms with Crippen molar-refractivity contribution in [3.05, 3.63) is 71.8 Å². The third kappa shape index (κ3) is 5.70. The Morgan fingerprint density at radius 1 is 0.962 bits per heavy atom. The van der Waals surface area contributed by atoms with Crippen molar-refractivity contribution in [3.8, 4) is 0 Å². The van der Waals surface area contributed by atoms with Crippen LogP contribution in [0.5, 0.6) is 0 Å². The second-order valence-corrected chi connectivity index (χ2v) is 6.33. The van der Waals surface area contributed by atoms with Crippen LogP contribution in [-0.4, -0.2) is 35.0 Å². The summed E-state index contributed by atoms with van der Waals surface area (Å²) >= 11 is 0. The number of carbonyl (C=O) groups is 2. The summed E-state index contributed by atoms with van der Waals surface area (Å²) in [4.78, 5) is 25.4. The van der Waals surface area contributed by atoms with Crippen LogP contribution in [0.25, 0.3) is 0 Å². The van der Waals surface area contributed by atoms with E-state index in [1.54, 1.807) is 4.90 Å². The fraction of sp³-hybridized carbons (Fsp3) is 0.333. The van der Waals surface area contributed by atoms with Gasteiger partial charge in [0.05, 0.1) is 19.0 Å². The molecule has 0 saturated carbocycles. The maximum absolute atomic E-state index is 12.8. The van der Waals surface area contributed by atoms with Crippen molar-refractivity contribution in [3.63, 3.8) is 0 Å². The first-order valence-electron chi connectivity index (χ1n) is 8.83. The molecule has 0 bridgehead atoms. The van der Waals surface area contributed by atoms with E-state index in [-0.39, 0.29) is 37.5 Å². The molecule has 138 valence electrons. The van der Waals surface area contributed by atoms with Crippen LogP contribution in [0.3, 0.4) is 0 Å². The number of nitrogens with zero attached hydrogens (tertiary/aromatic N) is 1. The number of benzene rings is 2. The molecule has 2 atom stereocenters. The van der Waals surface area contributed by atoms with Crippen molar-refractivity contribution in [1.29, 1.82) is 0 Å². The van der Waals surface area contributed by atoms with Gasteiger partial charge in [0.1, 0.15) is 0 Å². The highest BCUT2D eigenvalue weighted by atomic mass is 16.4. The van der Waals surface area contributed by atoms with Crippen LogP contribution >= 0.6 is 0 Å². The van der Waals surface area contributed by atoms with Gasteiger partial charge >= 0.3 is 5.97 Å². The predicted octanol–water partition coefficient (Wildman–Crippen LogP) is 3.40. The molecular formula is C21H26N2O3. The van der Waals surface area contributed by atoms with Gasteiger partial charge in [-0.05, 0) is 25.0 Å². The molecule has 0 fully saturated rings. The zero-order chi connectivity index (χ0) is 18.9. The Kier molecular flexibility index (Phi) is 7.36. The molecule has 5 nitrogen and oxygen atoms in total. The molecule has 0 saturated heterocycles. The molecule has 0 aromatic heterocycles. The van der Waals surface area contributed by atoms with Crippen molar-refractivity contribution in [2.24, 2.45) is 0 Å². The Morgan fingerprint density at radius 2 is 1.50 bits per heavy atom. The van der Waals surface area contributed by atoms with Crippen molar-refractivity contribution in [1.82, 2.24) is 10.2 Å². The Hall–Kier alpha value is -2.66. The molecule has 0 aliphatic heterocycles. The number of rotatable bonds is 9. The number of carboxylic acid groups (broad SMARTS) is 1. The zero-order valence-corrected chi connectivity index (χ0v) is 15.3. The molecular weight excluding hydrogens is 328 g/mol. The summed E-state index contributed by atoms with van der Waals surface area (Å²) in [6, 6.07) is 19.4. The molecule has 0 aliphatic carbocycles. The van der Waals surface area contributed by atoms with Crippen LogP contribution < -0.4 is 5.32 Å². The summed E-state index contributed by atoms with van der Waals surface area (Å²) in [6.07, 6.45) is -0.0723. The van der Waals surface area contributed by atoms with Gasteiger partial charge in [0.2, 0.25) is 5.91 Å². The normalized spacial score (nSPS) is 13.0. The zero-order valence-electron chi connectivity index (χ0n) is 15.3. The van der Waals surface area contributed by atoms with Crippen LogP contribution in [0.15, 0.2) is 60.7 Å². The Morgan fingerprint density at radius 3 is 2.04 bits per heavy atom. The average molecular weight is 354 g/mol. The number of hydrogen-bond donors (Lipinski definition) is 2. The van der Waals surface area contributed by atoms with E-state index in [2.05, 4.69) is 5.32 Å². The first kappa shape index (κ1) is 19.7. The van der Waals surface area contributed by atoms with Crippen molar-refractivity contribution >= 4 is 11.9 Å². The fourth-order valence-corrected chi connectivity index (χ4v) is 2.86. The van der Waals surface area contributed by atoms with E-state index in [4.69, 9.17) is 5.11 Å². The highest BCUT2D eigenvalue weighted by molar-refractivity contribution is 5.79. The smallest absolute Gasteiger partial charge is 0.305 e. The van der Waals surface area contributed by atoms with E-state index in [0.29, 0.717) is 0 Å². The third-order valence-electron chi connectivity index (χ3n) is 4.50. The van der Waals surface area contributed by atoms with E-state index >= 15 is 0 Å². The maximum atomic E-state index is 12.8. The standard InChI is InChI=1S/C21H26N2O3/c1-16(18-9-5-3-6-10-18)22-15-20(24)23(14-13-21(25)26)17(2)19-11-7-4-8-12-19/h3-12,16-17,22H,13-15H2,1-2H3,(H,25,26)/t16-,17-/m0/s1. The monoisotopic (exact) mass is 354 g/mol. The number of aliphatic carboxylic acids is 1. The number of hydrogen-bond acceptors (Lipinski definition) is 3. The molecule has 0 aliphatic rings. The Balaban J connectivity index is 2.04. The van der Waals surface area contributed by atoms with E-state index < -0.39 is 5.97 Å². The summed E-state index contributed by atoms with van der Waals surface area (Å²) in [6.45, 7) is 4.28. The van der Waals surface area contributed by atoms with Crippen LogP contribution in [0, 0.1) is 0 Å². The molecule has 2 aromatic rings. The van der Waals surface area contributed by atoms with Crippen LogP contribution in [-0.2, 0) is 9.59 Å². The van der Waals surface area contributed by atoms with Crippen LogP contribution in [0.1, 0.15) is 43.5 Å². The topological polar surface area (TPSA) is 69.6 Å². The Labute approximate surface area is 154 Å². The molecule has 26 heavy (non-hydrogen) atoms. The summed E-state index contributed by atoms with van der Waals surface area (Å²) in [5, 5.41) is 12.2. The molecule has 2 rings (SSSR count). The molecule has 0 unspecified atom stereocenters. The van der Waals surface area contributed by atoms with Crippen LogP contribution in [0.2, 0.25) is 0 Å². The average Bonchev–Trinajstić information content (AvgIpc) is 2.67. The maximum Gasteiger partial charge on any atom is 0.305 e. The van der Waals surface area contributed by atoms with Crippen molar-refractivity contribution in [2.75, 3.05) is 13.1 Å². The Bertz CT molecular complexity index is 704. The third-order valence-corrected chi connectivity index (χ3v) is 4.50. The van der Waals surface area contributed by atoms with E-state index in [9.17, 15) is 9.59 Å². The van der Waals surface area contributed by atoms with Crippen molar-refractivity contribution < 1.29 is 14.7 Å². The first-order valence-corrected chi connectivity index (χ1v) is 8.83. The van der Waals surface area contributed by atoms with Crippen molar-refractivity contribution in [2.45, 2.75) is 32.4 Å². The van der Waals surface area contributed by atoms with Gasteiger partial charge in [-0.3, -0.25) is 9.59 Å². The lowest BCUT2D eigenvalue weighted by Crippen LogP contribution is -2.41. The molecule has 2 N–H and O–H groups in total. The van der Waals surface area contributed by atoms with Gasteiger partial charge in [0.25, 0.3) is 0 Å². The summed E-state index contributed by atoms with van der Waals surface area (Å²) < 4.78 is 0. The van der Waals surface area contributed by atoms with Gasteiger partial charge in [-0.25, -0.2) is 0 Å². The van der Waals surface area contributed by atoms with Gasteiger partial charge in [0.15, 0.2) is 0 Å². The number of amides is 1. The van der Waals surface area contributed by atoms with E-state index in [0.717, 1.165) is 11.1 Å². The minimum Gasteiger partial charge on any atom is -0.481 e. The minimum atomic E-state index is -0.909. The number of carboxylic acids is 1. The highest BCUT2D eigenvalue weighted by Gasteiger charge is 2.22. The molecule has 0 radical (unpaired) electrons. The molecule has 1 amide bonds. The van der Waals surface area contributed by atoms with Crippen LogP contribution in [0.4, 0.5) is 0 Å². The second-order valence-electron chi connectivity index (χ2n) is 6.33. The fourth-order valence-electron chi connectivity index (χ4n) is 2.86. The van der Waals surface area contributed by atoms with E-state index in [1.165, 1.54) is 0 Å². The van der Waals surface area contributed by atoms with E-state index in [1.807, 2.05) is 74.5 Å². The number of nitrogens with one attached hydrogen (secondary N) is 1. The molecule has 5 heteroatoms. The molecule has 0 heterocycles. The second kappa shape index (κ2) is 9.73. The predicted molar refractivity (Wildman–Crippen MR) is 102 cm³/mol.